The van der Waals surface area contributed by atoms with Gasteiger partial charge in [0.05, 0.1) is 0 Å². The second-order valence-corrected chi connectivity index (χ2v) is 4.63. The van der Waals surface area contributed by atoms with Gasteiger partial charge in [-0.1, -0.05) is 29.8 Å². The molecule has 1 aromatic carbocycles. The van der Waals surface area contributed by atoms with Crippen LogP contribution in [0.2, 0.25) is 5.02 Å². The highest BCUT2D eigenvalue weighted by molar-refractivity contribution is 6.31. The lowest BCUT2D eigenvalue weighted by Gasteiger charge is -2.22. The Morgan fingerprint density at radius 2 is 2.12 bits per heavy atom. The van der Waals surface area contributed by atoms with Gasteiger partial charge in [0.2, 0.25) is 0 Å². The third-order valence-electron chi connectivity index (χ3n) is 3.04. The first-order valence-corrected chi connectivity index (χ1v) is 5.79. The largest absolute Gasteiger partial charge is 0.316 e. The van der Waals surface area contributed by atoms with Crippen LogP contribution in [0.4, 0.5) is 8.78 Å². The number of nitrogens with one attached hydrogen (secondary N) is 1. The average molecular weight is 246 g/mol. The maximum atomic E-state index is 13.9. The van der Waals surface area contributed by atoms with Crippen LogP contribution in [0.15, 0.2) is 24.3 Å². The van der Waals surface area contributed by atoms with Gasteiger partial charge in [0, 0.05) is 23.9 Å². The number of rotatable bonds is 3. The van der Waals surface area contributed by atoms with Crippen molar-refractivity contribution in [1.29, 1.82) is 0 Å². The van der Waals surface area contributed by atoms with Gasteiger partial charge in [-0.2, -0.15) is 0 Å². The van der Waals surface area contributed by atoms with Crippen molar-refractivity contribution in [2.45, 2.75) is 18.8 Å². The Bertz CT molecular complexity index is 362. The van der Waals surface area contributed by atoms with Gasteiger partial charge in [0.25, 0.3) is 5.92 Å². The maximum absolute atomic E-state index is 13.9. The second kappa shape index (κ2) is 4.68. The molecule has 0 amide bonds. The van der Waals surface area contributed by atoms with Crippen molar-refractivity contribution in [1.82, 2.24) is 5.32 Å². The SMILES string of the molecule is FC(F)(Cc1ccccc1Cl)C1CCNC1. The zero-order chi connectivity index (χ0) is 11.6. The predicted molar refractivity (Wildman–Crippen MR) is 61.1 cm³/mol. The van der Waals surface area contributed by atoms with Crippen LogP contribution in [0.25, 0.3) is 0 Å². The zero-order valence-corrected chi connectivity index (χ0v) is 9.61. The van der Waals surface area contributed by atoms with E-state index in [4.69, 9.17) is 11.6 Å². The van der Waals surface area contributed by atoms with E-state index in [9.17, 15) is 8.78 Å². The monoisotopic (exact) mass is 245 g/mol. The van der Waals surface area contributed by atoms with E-state index in [-0.39, 0.29) is 6.42 Å². The quantitative estimate of drug-likeness (QED) is 0.863. The summed E-state index contributed by atoms with van der Waals surface area (Å²) in [4.78, 5) is 0. The zero-order valence-electron chi connectivity index (χ0n) is 8.85. The van der Waals surface area contributed by atoms with Crippen molar-refractivity contribution >= 4 is 11.6 Å². The molecule has 0 aromatic heterocycles. The number of alkyl halides is 2. The molecule has 1 saturated heterocycles. The molecule has 0 radical (unpaired) electrons. The Morgan fingerprint density at radius 1 is 1.38 bits per heavy atom. The molecule has 16 heavy (non-hydrogen) atoms. The molecule has 1 aliphatic rings. The van der Waals surface area contributed by atoms with E-state index in [2.05, 4.69) is 5.32 Å². The lowest BCUT2D eigenvalue weighted by molar-refractivity contribution is -0.0499. The molecule has 1 unspecified atom stereocenters. The molecule has 1 N–H and O–H groups in total. The van der Waals surface area contributed by atoms with E-state index < -0.39 is 11.8 Å². The summed E-state index contributed by atoms with van der Waals surface area (Å²) in [5, 5.41) is 3.39. The lowest BCUT2D eigenvalue weighted by Crippen LogP contribution is -2.32. The van der Waals surface area contributed by atoms with Crippen LogP contribution in [0.3, 0.4) is 0 Å². The van der Waals surface area contributed by atoms with Gasteiger partial charge in [-0.25, -0.2) is 8.78 Å². The van der Waals surface area contributed by atoms with E-state index in [0.29, 0.717) is 30.1 Å². The fourth-order valence-electron chi connectivity index (χ4n) is 2.06. The minimum atomic E-state index is -2.67. The second-order valence-electron chi connectivity index (χ2n) is 4.22. The molecule has 88 valence electrons. The molecule has 0 bridgehead atoms. The van der Waals surface area contributed by atoms with Gasteiger partial charge in [-0.15, -0.1) is 0 Å². The van der Waals surface area contributed by atoms with Crippen molar-refractivity contribution in [3.05, 3.63) is 34.9 Å². The molecule has 1 heterocycles. The summed E-state index contributed by atoms with van der Waals surface area (Å²) in [5.41, 5.74) is 0.529. The number of benzene rings is 1. The van der Waals surface area contributed by atoms with Crippen molar-refractivity contribution in [2.75, 3.05) is 13.1 Å². The highest BCUT2D eigenvalue weighted by Crippen LogP contribution is 2.34. The number of hydrogen-bond acceptors (Lipinski definition) is 1. The minimum Gasteiger partial charge on any atom is -0.316 e. The fraction of sp³-hybridized carbons (Fsp3) is 0.500. The van der Waals surface area contributed by atoms with Crippen molar-refractivity contribution in [2.24, 2.45) is 5.92 Å². The summed E-state index contributed by atoms with van der Waals surface area (Å²) in [6, 6.07) is 6.81. The van der Waals surface area contributed by atoms with Crippen molar-refractivity contribution in [3.63, 3.8) is 0 Å². The van der Waals surface area contributed by atoms with Gasteiger partial charge in [-0.3, -0.25) is 0 Å². The molecule has 0 saturated carbocycles. The predicted octanol–water partition coefficient (Wildman–Crippen LogP) is 3.13. The molecule has 4 heteroatoms. The Kier molecular flexibility index (Phi) is 3.45. The van der Waals surface area contributed by atoms with Crippen molar-refractivity contribution < 1.29 is 8.78 Å². The fourth-order valence-corrected chi connectivity index (χ4v) is 2.26. The summed E-state index contributed by atoms with van der Waals surface area (Å²) >= 11 is 5.89. The van der Waals surface area contributed by atoms with Crippen molar-refractivity contribution in [3.8, 4) is 0 Å². The molecule has 1 aromatic rings. The van der Waals surface area contributed by atoms with Crippen LogP contribution >= 0.6 is 11.6 Å². The Balaban J connectivity index is 2.10. The smallest absolute Gasteiger partial charge is 0.256 e. The maximum Gasteiger partial charge on any atom is 0.256 e. The normalized spacial score (nSPS) is 21.3. The highest BCUT2D eigenvalue weighted by Gasteiger charge is 2.41. The summed E-state index contributed by atoms with van der Waals surface area (Å²) in [5.74, 6) is -3.24. The molecule has 1 aliphatic heterocycles. The molecule has 0 aliphatic carbocycles. The van der Waals surface area contributed by atoms with E-state index in [1.165, 1.54) is 0 Å². The first-order valence-electron chi connectivity index (χ1n) is 5.41. The first kappa shape index (κ1) is 11.8. The molecule has 0 spiro atoms. The third-order valence-corrected chi connectivity index (χ3v) is 3.41. The van der Waals surface area contributed by atoms with E-state index >= 15 is 0 Å². The first-order chi connectivity index (χ1) is 7.59. The van der Waals surface area contributed by atoms with Gasteiger partial charge >= 0.3 is 0 Å². The Labute approximate surface area is 98.8 Å². The average Bonchev–Trinajstić information content (AvgIpc) is 2.75. The Morgan fingerprint density at radius 3 is 2.75 bits per heavy atom. The lowest BCUT2D eigenvalue weighted by atomic mass is 9.94. The molecule has 1 nitrogen and oxygen atoms in total. The highest BCUT2D eigenvalue weighted by atomic mass is 35.5. The van der Waals surface area contributed by atoms with Crippen LogP contribution in [-0.4, -0.2) is 19.0 Å². The molecular weight excluding hydrogens is 232 g/mol. The van der Waals surface area contributed by atoms with Crippen LogP contribution < -0.4 is 5.32 Å². The molecule has 2 rings (SSSR count). The van der Waals surface area contributed by atoms with E-state index in [0.717, 1.165) is 0 Å². The molecule has 1 fully saturated rings. The summed E-state index contributed by atoms with van der Waals surface area (Å²) in [7, 11) is 0. The summed E-state index contributed by atoms with van der Waals surface area (Å²) in [6.45, 7) is 1.08. The van der Waals surface area contributed by atoms with E-state index in [1.54, 1.807) is 24.3 Å². The van der Waals surface area contributed by atoms with Gasteiger partial charge in [-0.05, 0) is 24.6 Å². The minimum absolute atomic E-state index is 0.265. The van der Waals surface area contributed by atoms with E-state index in [1.807, 2.05) is 0 Å². The number of halogens is 3. The number of hydrogen-bond donors (Lipinski definition) is 1. The van der Waals surface area contributed by atoms with Gasteiger partial charge in [0.15, 0.2) is 0 Å². The van der Waals surface area contributed by atoms with Crippen LogP contribution in [-0.2, 0) is 6.42 Å². The van der Waals surface area contributed by atoms with Crippen LogP contribution in [0, 0.1) is 5.92 Å². The summed E-state index contributed by atoms with van der Waals surface area (Å²) in [6.07, 6.45) is 0.274. The van der Waals surface area contributed by atoms with Gasteiger partial charge < -0.3 is 5.32 Å². The topological polar surface area (TPSA) is 12.0 Å². The third kappa shape index (κ3) is 2.53. The summed E-state index contributed by atoms with van der Waals surface area (Å²) < 4.78 is 27.8. The van der Waals surface area contributed by atoms with Crippen LogP contribution in [0.5, 0.6) is 0 Å². The standard InChI is InChI=1S/C12H14ClF2N/c13-11-4-2-1-3-9(11)7-12(14,15)10-5-6-16-8-10/h1-4,10,16H,5-8H2. The molecular formula is C12H14ClF2N. The van der Waals surface area contributed by atoms with Crippen LogP contribution in [0.1, 0.15) is 12.0 Å². The Hall–Kier alpha value is -0.670. The molecule has 1 atom stereocenters. The van der Waals surface area contributed by atoms with Gasteiger partial charge in [0.1, 0.15) is 0 Å².